The first-order valence-corrected chi connectivity index (χ1v) is 9.17. The molecule has 2 unspecified atom stereocenters. The van der Waals surface area contributed by atoms with Gasteiger partial charge in [-0.3, -0.25) is 18.9 Å². The van der Waals surface area contributed by atoms with Gasteiger partial charge in [0.25, 0.3) is 5.56 Å². The number of aromatic nitrogens is 2. The lowest BCUT2D eigenvalue weighted by Crippen LogP contribution is -2.41. The number of nitrogens with zero attached hydrogens (tertiary/aromatic N) is 1. The van der Waals surface area contributed by atoms with Crippen molar-refractivity contribution in [3.63, 3.8) is 0 Å². The standard InChI is InChI=1S/C14H23N2O9P/c1-7-4-16(14(19)15-12(7)18)13-11(23-6-8(2)22-3)10(25-26(20)21)9(5-17)24-13/h4,8-11,13,17,26H,5-6H2,1-3H3,(H,20,21)(H,15,18,19)/t8-,9-,10+,11?,13-/m1/s1. The first kappa shape index (κ1) is 21.0. The Morgan fingerprint density at radius 2 is 2.12 bits per heavy atom. The van der Waals surface area contributed by atoms with E-state index in [1.165, 1.54) is 20.2 Å². The molecule has 0 amide bonds. The van der Waals surface area contributed by atoms with Crippen molar-refractivity contribution in [1.29, 1.82) is 0 Å². The van der Waals surface area contributed by atoms with Gasteiger partial charge in [0.1, 0.15) is 18.3 Å². The van der Waals surface area contributed by atoms with Gasteiger partial charge in [0, 0.05) is 18.9 Å². The average Bonchev–Trinajstić information content (AvgIpc) is 2.92. The maximum absolute atomic E-state index is 12.2. The van der Waals surface area contributed by atoms with E-state index in [-0.39, 0.29) is 18.3 Å². The summed E-state index contributed by atoms with van der Waals surface area (Å²) >= 11 is 0. The van der Waals surface area contributed by atoms with E-state index in [4.69, 9.17) is 23.6 Å². The van der Waals surface area contributed by atoms with Crippen LogP contribution < -0.4 is 11.2 Å². The van der Waals surface area contributed by atoms with E-state index in [0.29, 0.717) is 0 Å². The first-order valence-electron chi connectivity index (χ1n) is 7.90. The van der Waals surface area contributed by atoms with Crippen molar-refractivity contribution in [2.24, 2.45) is 0 Å². The molecule has 3 N–H and O–H groups in total. The largest absolute Gasteiger partial charge is 0.394 e. The third kappa shape index (κ3) is 4.68. The smallest absolute Gasteiger partial charge is 0.330 e. The summed E-state index contributed by atoms with van der Waals surface area (Å²) in [5.74, 6) is 0. The molecule has 0 saturated carbocycles. The van der Waals surface area contributed by atoms with Crippen LogP contribution in [0.2, 0.25) is 0 Å². The molecule has 1 aliphatic heterocycles. The van der Waals surface area contributed by atoms with E-state index in [1.807, 2.05) is 0 Å². The Labute approximate surface area is 149 Å². The molecule has 1 aromatic heterocycles. The highest BCUT2D eigenvalue weighted by Gasteiger charge is 2.48. The number of hydrogen-bond donors (Lipinski definition) is 3. The number of aliphatic hydroxyl groups excluding tert-OH is 1. The van der Waals surface area contributed by atoms with Crippen molar-refractivity contribution < 1.29 is 33.3 Å². The Morgan fingerprint density at radius 3 is 2.69 bits per heavy atom. The Kier molecular flexibility index (Phi) is 7.30. The summed E-state index contributed by atoms with van der Waals surface area (Å²) in [6.45, 7) is 2.82. The summed E-state index contributed by atoms with van der Waals surface area (Å²) in [7, 11) is -1.87. The fourth-order valence-electron chi connectivity index (χ4n) is 2.60. The van der Waals surface area contributed by atoms with E-state index in [1.54, 1.807) is 6.92 Å². The number of methoxy groups -OCH3 is 1. The monoisotopic (exact) mass is 394 g/mol. The van der Waals surface area contributed by atoms with Gasteiger partial charge in [-0.05, 0) is 13.8 Å². The summed E-state index contributed by atoms with van der Waals surface area (Å²) in [4.78, 5) is 35.1. The predicted octanol–water partition coefficient (Wildman–Crippen LogP) is -1.08. The first-order chi connectivity index (χ1) is 12.3. The molecule has 0 bridgehead atoms. The van der Waals surface area contributed by atoms with Crippen LogP contribution in [0.25, 0.3) is 0 Å². The second-order valence-corrected chi connectivity index (χ2v) is 6.69. The Morgan fingerprint density at radius 1 is 1.42 bits per heavy atom. The molecule has 1 aromatic rings. The lowest BCUT2D eigenvalue weighted by Gasteiger charge is -2.25. The maximum atomic E-state index is 12.2. The number of aliphatic hydroxyl groups is 1. The molecule has 1 aliphatic rings. The molecule has 2 heterocycles. The lowest BCUT2D eigenvalue weighted by molar-refractivity contribution is -0.0928. The average molecular weight is 394 g/mol. The summed E-state index contributed by atoms with van der Waals surface area (Å²) in [6.07, 6.45) is -3.17. The number of nitrogens with one attached hydrogen (secondary N) is 1. The van der Waals surface area contributed by atoms with Crippen LogP contribution in [0.15, 0.2) is 15.8 Å². The highest BCUT2D eigenvalue weighted by Crippen LogP contribution is 2.37. The van der Waals surface area contributed by atoms with Crippen LogP contribution in [-0.2, 0) is 23.3 Å². The molecule has 1 fully saturated rings. The van der Waals surface area contributed by atoms with Gasteiger partial charge >= 0.3 is 13.9 Å². The molecule has 26 heavy (non-hydrogen) atoms. The van der Waals surface area contributed by atoms with Gasteiger partial charge in [0.15, 0.2) is 6.23 Å². The van der Waals surface area contributed by atoms with Gasteiger partial charge in [-0.15, -0.1) is 0 Å². The van der Waals surface area contributed by atoms with Crippen LogP contribution in [0.1, 0.15) is 18.7 Å². The number of ether oxygens (including phenoxy) is 3. The number of H-pyrrole nitrogens is 1. The van der Waals surface area contributed by atoms with Gasteiger partial charge in [-0.2, -0.15) is 0 Å². The minimum Gasteiger partial charge on any atom is -0.394 e. The molecule has 12 heteroatoms. The van der Waals surface area contributed by atoms with E-state index in [9.17, 15) is 19.3 Å². The zero-order chi connectivity index (χ0) is 19.4. The summed E-state index contributed by atoms with van der Waals surface area (Å²) in [5.41, 5.74) is -1.02. The number of aromatic amines is 1. The van der Waals surface area contributed by atoms with Crippen LogP contribution in [0, 0.1) is 6.92 Å². The molecule has 1 saturated heterocycles. The molecular formula is C14H23N2O9P. The molecule has 6 atom stereocenters. The van der Waals surface area contributed by atoms with E-state index in [0.717, 1.165) is 4.57 Å². The SMILES string of the molecule is CO[C@H](C)COC1[C@@H](O[PH](=O)O)[C@@H](CO)O[C@H]1n1cc(C)c(=O)[nH]c1=O. The van der Waals surface area contributed by atoms with Crippen LogP contribution >= 0.6 is 8.25 Å². The second-order valence-electron chi connectivity index (χ2n) is 5.92. The zero-order valence-corrected chi connectivity index (χ0v) is 15.6. The zero-order valence-electron chi connectivity index (χ0n) is 14.6. The number of rotatable bonds is 8. The summed E-state index contributed by atoms with van der Waals surface area (Å²) < 4.78 is 33.7. The number of hydrogen-bond acceptors (Lipinski definition) is 8. The van der Waals surface area contributed by atoms with Crippen LogP contribution in [0.5, 0.6) is 0 Å². The fourth-order valence-corrected chi connectivity index (χ4v) is 3.12. The molecule has 0 radical (unpaired) electrons. The van der Waals surface area contributed by atoms with Crippen molar-refractivity contribution >= 4 is 8.25 Å². The maximum Gasteiger partial charge on any atom is 0.330 e. The van der Waals surface area contributed by atoms with E-state index in [2.05, 4.69) is 4.98 Å². The van der Waals surface area contributed by atoms with E-state index >= 15 is 0 Å². The second kappa shape index (κ2) is 9.05. The minimum atomic E-state index is -3.36. The summed E-state index contributed by atoms with van der Waals surface area (Å²) in [6, 6.07) is 0. The third-order valence-corrected chi connectivity index (χ3v) is 4.52. The summed E-state index contributed by atoms with van der Waals surface area (Å²) in [5, 5.41) is 9.52. The topological polar surface area (TPSA) is 149 Å². The molecule has 11 nitrogen and oxygen atoms in total. The Balaban J connectivity index is 2.40. The molecule has 0 aliphatic carbocycles. The molecule has 2 rings (SSSR count). The van der Waals surface area contributed by atoms with Crippen LogP contribution in [0.3, 0.4) is 0 Å². The van der Waals surface area contributed by atoms with Crippen molar-refractivity contribution in [3.8, 4) is 0 Å². The predicted molar refractivity (Wildman–Crippen MR) is 89.4 cm³/mol. The van der Waals surface area contributed by atoms with Gasteiger partial charge in [0.05, 0.1) is 19.3 Å². The van der Waals surface area contributed by atoms with Crippen LogP contribution in [-0.4, -0.2) is 64.3 Å². The van der Waals surface area contributed by atoms with E-state index < -0.39 is 50.7 Å². The molecule has 148 valence electrons. The molecule has 0 spiro atoms. The quantitative estimate of drug-likeness (QED) is 0.468. The fraction of sp³-hybridized carbons (Fsp3) is 0.714. The molecular weight excluding hydrogens is 371 g/mol. The lowest BCUT2D eigenvalue weighted by atomic mass is 10.1. The van der Waals surface area contributed by atoms with Crippen molar-refractivity contribution in [2.75, 3.05) is 20.3 Å². The Bertz CT molecular complexity index is 749. The van der Waals surface area contributed by atoms with Gasteiger partial charge in [0.2, 0.25) is 0 Å². The van der Waals surface area contributed by atoms with Gasteiger partial charge in [-0.1, -0.05) is 0 Å². The highest BCUT2D eigenvalue weighted by molar-refractivity contribution is 7.32. The van der Waals surface area contributed by atoms with Crippen molar-refractivity contribution in [2.45, 2.75) is 44.5 Å². The normalized spacial score (nSPS) is 28.2. The third-order valence-electron chi connectivity index (χ3n) is 4.05. The van der Waals surface area contributed by atoms with Crippen LogP contribution in [0.4, 0.5) is 0 Å². The van der Waals surface area contributed by atoms with Crippen molar-refractivity contribution in [3.05, 3.63) is 32.6 Å². The number of aryl methyl sites for hydroxylation is 1. The van der Waals surface area contributed by atoms with Gasteiger partial charge < -0.3 is 28.7 Å². The molecule has 0 aromatic carbocycles. The highest BCUT2D eigenvalue weighted by atomic mass is 31.1. The van der Waals surface area contributed by atoms with Gasteiger partial charge in [-0.25, -0.2) is 4.79 Å². The Hall–Kier alpha value is -1.33. The van der Waals surface area contributed by atoms with Crippen molar-refractivity contribution in [1.82, 2.24) is 9.55 Å². The minimum absolute atomic E-state index is 0.0858.